The quantitative estimate of drug-likeness (QED) is 0.300. The molecule has 1 saturated heterocycles. The van der Waals surface area contributed by atoms with Gasteiger partial charge in [-0.05, 0) is 32.1 Å². The minimum absolute atomic E-state index is 0. The Labute approximate surface area is 152 Å². The summed E-state index contributed by atoms with van der Waals surface area (Å²) in [7, 11) is 0. The largest absolute Gasteiger partial charge is 0.377 e. The van der Waals surface area contributed by atoms with E-state index in [4.69, 9.17) is 9.73 Å². The Balaban J connectivity index is 0.00000176. The number of fused-ring (bicyclic) bond motifs is 1. The SMILES string of the molecule is CCNC(=NCCCC1CC1)NC1C2CCOC2C1(C)C.I. The molecule has 3 fully saturated rings. The zero-order chi connectivity index (χ0) is 14.9. The number of guanidine groups is 1. The third-order valence-corrected chi connectivity index (χ3v) is 5.47. The van der Waals surface area contributed by atoms with Crippen molar-refractivity contribution in [2.75, 3.05) is 19.7 Å². The summed E-state index contributed by atoms with van der Waals surface area (Å²) in [5.41, 5.74) is 0.214. The van der Waals surface area contributed by atoms with Crippen LogP contribution in [-0.2, 0) is 4.74 Å². The lowest BCUT2D eigenvalue weighted by molar-refractivity contribution is -0.106. The fourth-order valence-corrected chi connectivity index (χ4v) is 4.06. The van der Waals surface area contributed by atoms with Crippen molar-refractivity contribution >= 4 is 29.9 Å². The maximum absolute atomic E-state index is 5.87. The number of aliphatic imine (C=N–C) groups is 1. The van der Waals surface area contributed by atoms with Crippen molar-refractivity contribution in [2.24, 2.45) is 22.2 Å². The summed E-state index contributed by atoms with van der Waals surface area (Å²) in [6.07, 6.45) is 7.10. The highest BCUT2D eigenvalue weighted by Gasteiger charge is 2.59. The first-order valence-electron chi connectivity index (χ1n) is 8.79. The predicted molar refractivity (Wildman–Crippen MR) is 102 cm³/mol. The van der Waals surface area contributed by atoms with Gasteiger partial charge in [-0.1, -0.05) is 26.7 Å². The van der Waals surface area contributed by atoms with E-state index in [-0.39, 0.29) is 29.4 Å². The molecule has 128 valence electrons. The number of nitrogens with zero attached hydrogens (tertiary/aromatic N) is 1. The van der Waals surface area contributed by atoms with Crippen molar-refractivity contribution in [3.8, 4) is 0 Å². The van der Waals surface area contributed by atoms with Gasteiger partial charge in [0.1, 0.15) is 0 Å². The molecule has 0 radical (unpaired) electrons. The van der Waals surface area contributed by atoms with Crippen LogP contribution in [-0.4, -0.2) is 37.8 Å². The molecule has 0 aromatic rings. The van der Waals surface area contributed by atoms with Gasteiger partial charge in [0, 0.05) is 37.1 Å². The molecule has 22 heavy (non-hydrogen) atoms. The van der Waals surface area contributed by atoms with E-state index in [0.717, 1.165) is 31.6 Å². The summed E-state index contributed by atoms with van der Waals surface area (Å²) in [4.78, 5) is 4.77. The highest BCUT2D eigenvalue weighted by Crippen LogP contribution is 2.52. The van der Waals surface area contributed by atoms with Gasteiger partial charge in [-0.25, -0.2) is 0 Å². The van der Waals surface area contributed by atoms with E-state index in [2.05, 4.69) is 31.4 Å². The van der Waals surface area contributed by atoms with Crippen LogP contribution in [0.15, 0.2) is 4.99 Å². The molecule has 0 aromatic heterocycles. The Kier molecular flexibility index (Phi) is 6.39. The Morgan fingerprint density at radius 2 is 2.05 bits per heavy atom. The Morgan fingerprint density at radius 3 is 2.73 bits per heavy atom. The van der Waals surface area contributed by atoms with Crippen LogP contribution in [0.3, 0.4) is 0 Å². The van der Waals surface area contributed by atoms with Crippen LogP contribution < -0.4 is 10.6 Å². The third-order valence-electron chi connectivity index (χ3n) is 5.47. The summed E-state index contributed by atoms with van der Waals surface area (Å²) in [6, 6.07) is 0.492. The van der Waals surface area contributed by atoms with E-state index in [0.29, 0.717) is 18.1 Å². The zero-order valence-corrected chi connectivity index (χ0v) is 16.6. The van der Waals surface area contributed by atoms with Crippen LogP contribution in [0.2, 0.25) is 0 Å². The van der Waals surface area contributed by atoms with Crippen LogP contribution in [0.25, 0.3) is 0 Å². The van der Waals surface area contributed by atoms with Gasteiger partial charge in [-0.15, -0.1) is 24.0 Å². The third kappa shape index (κ3) is 3.89. The van der Waals surface area contributed by atoms with Crippen molar-refractivity contribution in [2.45, 2.75) is 65.0 Å². The first kappa shape index (κ1) is 18.3. The Hall–Kier alpha value is -0.0400. The number of nitrogens with one attached hydrogen (secondary N) is 2. The van der Waals surface area contributed by atoms with E-state index in [1.165, 1.54) is 32.1 Å². The van der Waals surface area contributed by atoms with E-state index < -0.39 is 0 Å². The molecule has 3 rings (SSSR count). The standard InChI is InChI=1S/C17H31N3O.HI/c1-4-18-16(19-10-5-6-12-7-8-12)20-14-13-9-11-21-15(13)17(14,2)3;/h12-15H,4-11H2,1-3H3,(H2,18,19,20);1H. The van der Waals surface area contributed by atoms with Gasteiger partial charge in [0.15, 0.2) is 5.96 Å². The molecule has 2 saturated carbocycles. The number of halogens is 1. The van der Waals surface area contributed by atoms with Crippen LogP contribution in [0.4, 0.5) is 0 Å². The minimum Gasteiger partial charge on any atom is -0.377 e. The number of hydrogen-bond donors (Lipinski definition) is 2. The van der Waals surface area contributed by atoms with E-state index in [9.17, 15) is 0 Å². The van der Waals surface area contributed by atoms with Gasteiger partial charge in [0.05, 0.1) is 6.10 Å². The van der Waals surface area contributed by atoms with Gasteiger partial charge >= 0.3 is 0 Å². The first-order chi connectivity index (χ1) is 10.1. The van der Waals surface area contributed by atoms with Gasteiger partial charge in [-0.2, -0.15) is 0 Å². The highest BCUT2D eigenvalue weighted by molar-refractivity contribution is 14.0. The average molecular weight is 421 g/mol. The second-order valence-corrected chi connectivity index (χ2v) is 7.53. The van der Waals surface area contributed by atoms with Crippen molar-refractivity contribution in [3.63, 3.8) is 0 Å². The Morgan fingerprint density at radius 1 is 1.27 bits per heavy atom. The molecule has 2 aliphatic carbocycles. The molecule has 0 aromatic carbocycles. The van der Waals surface area contributed by atoms with Crippen LogP contribution in [0.5, 0.6) is 0 Å². The predicted octanol–water partition coefficient (Wildman–Crippen LogP) is 3.16. The first-order valence-corrected chi connectivity index (χ1v) is 8.79. The molecule has 1 heterocycles. The number of rotatable bonds is 6. The number of hydrogen-bond acceptors (Lipinski definition) is 2. The van der Waals surface area contributed by atoms with Crippen LogP contribution in [0.1, 0.15) is 52.9 Å². The summed E-state index contributed by atoms with van der Waals surface area (Å²) in [5, 5.41) is 7.08. The fourth-order valence-electron chi connectivity index (χ4n) is 4.06. The molecule has 3 atom stereocenters. The molecule has 1 aliphatic heterocycles. The molecule has 3 aliphatic rings. The second kappa shape index (κ2) is 7.69. The monoisotopic (exact) mass is 421 g/mol. The molecule has 5 heteroatoms. The van der Waals surface area contributed by atoms with Crippen molar-refractivity contribution < 1.29 is 4.74 Å². The smallest absolute Gasteiger partial charge is 0.191 e. The van der Waals surface area contributed by atoms with Crippen LogP contribution >= 0.6 is 24.0 Å². The summed E-state index contributed by atoms with van der Waals surface area (Å²) >= 11 is 0. The Bertz CT molecular complexity index is 395. The summed E-state index contributed by atoms with van der Waals surface area (Å²) in [5.74, 6) is 2.67. The lowest BCUT2D eigenvalue weighted by atomic mass is 9.57. The van der Waals surface area contributed by atoms with Crippen LogP contribution in [0, 0.1) is 17.3 Å². The second-order valence-electron chi connectivity index (χ2n) is 7.53. The van der Waals surface area contributed by atoms with Gasteiger partial charge in [0.25, 0.3) is 0 Å². The normalized spacial score (nSPS) is 32.7. The number of ether oxygens (including phenoxy) is 1. The molecule has 0 spiro atoms. The molecule has 2 N–H and O–H groups in total. The molecular formula is C17H32IN3O. The fraction of sp³-hybridized carbons (Fsp3) is 0.941. The maximum atomic E-state index is 5.87. The van der Waals surface area contributed by atoms with Crippen molar-refractivity contribution in [3.05, 3.63) is 0 Å². The lowest BCUT2D eigenvalue weighted by Crippen LogP contribution is -2.67. The van der Waals surface area contributed by atoms with Crippen molar-refractivity contribution in [1.82, 2.24) is 10.6 Å². The van der Waals surface area contributed by atoms with Crippen molar-refractivity contribution in [1.29, 1.82) is 0 Å². The van der Waals surface area contributed by atoms with E-state index in [1.54, 1.807) is 0 Å². The van der Waals surface area contributed by atoms with Gasteiger partial charge in [-0.3, -0.25) is 4.99 Å². The molecular weight excluding hydrogens is 389 g/mol. The van der Waals surface area contributed by atoms with E-state index in [1.807, 2.05) is 0 Å². The average Bonchev–Trinajstić information content (AvgIpc) is 3.16. The zero-order valence-electron chi connectivity index (χ0n) is 14.2. The molecule has 0 amide bonds. The van der Waals surface area contributed by atoms with Gasteiger partial charge in [0.2, 0.25) is 0 Å². The highest BCUT2D eigenvalue weighted by atomic mass is 127. The topological polar surface area (TPSA) is 45.7 Å². The minimum atomic E-state index is 0. The summed E-state index contributed by atoms with van der Waals surface area (Å²) < 4.78 is 5.87. The molecule has 4 nitrogen and oxygen atoms in total. The molecule has 0 bridgehead atoms. The van der Waals surface area contributed by atoms with E-state index >= 15 is 0 Å². The molecule has 3 unspecified atom stereocenters. The maximum Gasteiger partial charge on any atom is 0.191 e. The lowest BCUT2D eigenvalue weighted by Gasteiger charge is -2.54. The van der Waals surface area contributed by atoms with Gasteiger partial charge < -0.3 is 15.4 Å². The summed E-state index contributed by atoms with van der Waals surface area (Å²) in [6.45, 7) is 9.55.